The number of aromatic nitrogens is 5. The van der Waals surface area contributed by atoms with Gasteiger partial charge >= 0.3 is 0 Å². The molecule has 21 heavy (non-hydrogen) atoms. The van der Waals surface area contributed by atoms with Gasteiger partial charge in [0.15, 0.2) is 11.6 Å². The number of fused-ring (bicyclic) bond motifs is 1. The minimum Gasteiger partial charge on any atom is -0.387 e. The van der Waals surface area contributed by atoms with Crippen LogP contribution in [0.5, 0.6) is 0 Å². The summed E-state index contributed by atoms with van der Waals surface area (Å²) in [5.41, 5.74) is 7.56. The minimum absolute atomic E-state index is 0.0375. The van der Waals surface area contributed by atoms with Gasteiger partial charge in [-0.1, -0.05) is 33.0 Å². The Kier molecular flexibility index (Phi) is 3.02. The van der Waals surface area contributed by atoms with Gasteiger partial charge in [0.1, 0.15) is 10.5 Å². The largest absolute Gasteiger partial charge is 0.387 e. The van der Waals surface area contributed by atoms with Crippen LogP contribution in [0.15, 0.2) is 30.9 Å². The quantitative estimate of drug-likeness (QED) is 0.731. The van der Waals surface area contributed by atoms with Crippen LogP contribution < -0.4 is 5.73 Å². The average Bonchev–Trinajstić information content (AvgIpc) is 3.04. The fraction of sp³-hybridized carbons (Fsp3) is 0.286. The van der Waals surface area contributed by atoms with E-state index in [1.165, 1.54) is 0 Å². The molecular weight excluding hydrogens is 284 g/mol. The molecule has 3 aromatic heterocycles. The number of hydrogen-bond donors (Lipinski definition) is 1. The van der Waals surface area contributed by atoms with Crippen LogP contribution in [0.2, 0.25) is 0 Å². The van der Waals surface area contributed by atoms with E-state index >= 15 is 0 Å². The van der Waals surface area contributed by atoms with Gasteiger partial charge < -0.3 is 5.73 Å². The first kappa shape index (κ1) is 13.7. The molecule has 0 radical (unpaired) electrons. The number of thiocarbonyl (C=S) groups is 1. The van der Waals surface area contributed by atoms with Crippen LogP contribution in [-0.4, -0.2) is 29.1 Å². The van der Waals surface area contributed by atoms with E-state index in [0.717, 1.165) is 11.2 Å². The first-order valence-electron chi connectivity index (χ1n) is 6.56. The lowest BCUT2D eigenvalue weighted by Crippen LogP contribution is -2.16. The third-order valence-corrected chi connectivity index (χ3v) is 3.41. The van der Waals surface area contributed by atoms with Crippen molar-refractivity contribution in [3.63, 3.8) is 0 Å². The van der Waals surface area contributed by atoms with Crippen LogP contribution in [-0.2, 0) is 5.41 Å². The van der Waals surface area contributed by atoms with Crippen molar-refractivity contribution in [1.29, 1.82) is 0 Å². The van der Waals surface area contributed by atoms with E-state index in [1.54, 1.807) is 23.2 Å². The number of nitrogens with zero attached hydrogens (tertiary/aromatic N) is 5. The zero-order valence-corrected chi connectivity index (χ0v) is 12.9. The Morgan fingerprint density at radius 3 is 2.57 bits per heavy atom. The van der Waals surface area contributed by atoms with Gasteiger partial charge in [0.05, 0.1) is 5.69 Å². The molecule has 6 nitrogen and oxygen atoms in total. The van der Waals surface area contributed by atoms with E-state index in [0.29, 0.717) is 11.6 Å². The topological polar surface area (TPSA) is 74.0 Å². The summed E-state index contributed by atoms with van der Waals surface area (Å²) >= 11 is 5.03. The highest BCUT2D eigenvalue weighted by molar-refractivity contribution is 7.80. The highest BCUT2D eigenvalue weighted by atomic mass is 32.1. The van der Waals surface area contributed by atoms with Crippen LogP contribution in [0, 0.1) is 0 Å². The van der Waals surface area contributed by atoms with Crippen LogP contribution in [0.25, 0.3) is 11.3 Å². The van der Waals surface area contributed by atoms with Gasteiger partial charge in [-0.25, -0.2) is 14.5 Å². The molecule has 0 unspecified atom stereocenters. The molecule has 0 spiro atoms. The Hall–Kier alpha value is -2.28. The molecule has 3 rings (SSSR count). The summed E-state index contributed by atoms with van der Waals surface area (Å²) in [4.78, 5) is 8.85. The molecule has 0 aliphatic heterocycles. The maximum absolute atomic E-state index is 5.71. The number of rotatable bonds is 2. The third-order valence-electron chi connectivity index (χ3n) is 3.23. The molecule has 0 saturated heterocycles. The third kappa shape index (κ3) is 2.29. The Morgan fingerprint density at radius 2 is 1.90 bits per heavy atom. The summed E-state index contributed by atoms with van der Waals surface area (Å²) in [6.45, 7) is 6.37. The lowest BCUT2D eigenvalue weighted by molar-refractivity contribution is 0.562. The smallest absolute Gasteiger partial charge is 0.173 e. The lowest BCUT2D eigenvalue weighted by Gasteiger charge is -2.13. The van der Waals surface area contributed by atoms with Crippen molar-refractivity contribution < 1.29 is 0 Å². The lowest BCUT2D eigenvalue weighted by atomic mass is 9.92. The van der Waals surface area contributed by atoms with Crippen molar-refractivity contribution in [2.45, 2.75) is 26.2 Å². The summed E-state index contributed by atoms with van der Waals surface area (Å²) in [6, 6.07) is 2.03. The molecule has 108 valence electrons. The first-order valence-corrected chi connectivity index (χ1v) is 6.97. The van der Waals surface area contributed by atoms with Crippen LogP contribution in [0.4, 0.5) is 0 Å². The predicted octanol–water partition coefficient (Wildman–Crippen LogP) is 1.85. The van der Waals surface area contributed by atoms with Gasteiger partial charge in [-0.3, -0.25) is 4.57 Å². The molecule has 0 fully saturated rings. The summed E-state index contributed by atoms with van der Waals surface area (Å²) in [5.74, 6) is 1.23. The fourth-order valence-corrected chi connectivity index (χ4v) is 2.27. The molecule has 0 atom stereocenters. The second-order valence-electron chi connectivity index (χ2n) is 5.85. The fourth-order valence-electron chi connectivity index (χ4n) is 2.12. The minimum atomic E-state index is -0.0375. The van der Waals surface area contributed by atoms with Crippen molar-refractivity contribution in [3.8, 4) is 5.82 Å². The summed E-state index contributed by atoms with van der Waals surface area (Å²) in [5, 5.41) is 4.61. The van der Waals surface area contributed by atoms with E-state index in [2.05, 4.69) is 35.8 Å². The molecular formula is C14H16N6S. The highest BCUT2D eigenvalue weighted by Crippen LogP contribution is 2.24. The SMILES string of the molecule is CC(C)(C)c1cc2c(-n3ccnc3C(N)=S)nccn2n1. The Labute approximate surface area is 127 Å². The maximum Gasteiger partial charge on any atom is 0.173 e. The molecule has 0 aliphatic rings. The van der Waals surface area contributed by atoms with Crippen LogP contribution in [0.1, 0.15) is 32.3 Å². The van der Waals surface area contributed by atoms with Gasteiger partial charge in [0, 0.05) is 30.2 Å². The zero-order chi connectivity index (χ0) is 15.2. The average molecular weight is 300 g/mol. The molecule has 3 heterocycles. The van der Waals surface area contributed by atoms with Crippen molar-refractivity contribution in [2.75, 3.05) is 0 Å². The molecule has 0 bridgehead atoms. The summed E-state index contributed by atoms with van der Waals surface area (Å²) in [6.07, 6.45) is 6.97. The number of hydrogen-bond acceptors (Lipinski definition) is 4. The van der Waals surface area contributed by atoms with E-state index in [1.807, 2.05) is 16.8 Å². The van der Waals surface area contributed by atoms with Crippen molar-refractivity contribution >= 4 is 22.7 Å². The normalized spacial score (nSPS) is 12.0. The standard InChI is InChI=1S/C14H16N6S/c1-14(2,3)10-8-9-12(16-5-7-20(9)18-10)19-6-4-17-13(19)11(15)21/h4-8H,1-3H3,(H2,15,21). The highest BCUT2D eigenvalue weighted by Gasteiger charge is 2.20. The molecule has 7 heteroatoms. The first-order chi connectivity index (χ1) is 9.88. The molecule has 3 aromatic rings. The Bertz CT molecular complexity index is 823. The van der Waals surface area contributed by atoms with Gasteiger partial charge in [-0.05, 0) is 6.07 Å². The number of nitrogens with two attached hydrogens (primary N) is 1. The van der Waals surface area contributed by atoms with Gasteiger partial charge in [0.2, 0.25) is 0 Å². The molecule has 0 aliphatic carbocycles. The molecule has 0 aromatic carbocycles. The van der Waals surface area contributed by atoms with Crippen molar-refractivity contribution in [3.05, 3.63) is 42.4 Å². The van der Waals surface area contributed by atoms with E-state index in [4.69, 9.17) is 18.0 Å². The second-order valence-corrected chi connectivity index (χ2v) is 6.29. The zero-order valence-electron chi connectivity index (χ0n) is 12.1. The second kappa shape index (κ2) is 4.63. The Balaban J connectivity index is 2.26. The van der Waals surface area contributed by atoms with E-state index in [9.17, 15) is 0 Å². The summed E-state index contributed by atoms with van der Waals surface area (Å²) < 4.78 is 3.60. The van der Waals surface area contributed by atoms with Crippen LogP contribution >= 0.6 is 12.2 Å². The van der Waals surface area contributed by atoms with Gasteiger partial charge in [0.25, 0.3) is 0 Å². The van der Waals surface area contributed by atoms with Crippen molar-refractivity contribution in [2.24, 2.45) is 5.73 Å². The maximum atomic E-state index is 5.71. The number of imidazole rings is 1. The molecule has 0 amide bonds. The van der Waals surface area contributed by atoms with Gasteiger partial charge in [-0.2, -0.15) is 5.10 Å². The van der Waals surface area contributed by atoms with E-state index in [-0.39, 0.29) is 10.4 Å². The van der Waals surface area contributed by atoms with E-state index < -0.39 is 0 Å². The molecule has 0 saturated carbocycles. The summed E-state index contributed by atoms with van der Waals surface area (Å²) in [7, 11) is 0. The van der Waals surface area contributed by atoms with Crippen LogP contribution in [0.3, 0.4) is 0 Å². The van der Waals surface area contributed by atoms with Crippen molar-refractivity contribution in [1.82, 2.24) is 24.1 Å². The predicted molar refractivity (Wildman–Crippen MR) is 84.7 cm³/mol. The molecule has 2 N–H and O–H groups in total. The van der Waals surface area contributed by atoms with Gasteiger partial charge in [-0.15, -0.1) is 0 Å². The Morgan fingerprint density at radius 1 is 1.19 bits per heavy atom. The monoisotopic (exact) mass is 300 g/mol.